The second-order valence-corrected chi connectivity index (χ2v) is 5.91. The van der Waals surface area contributed by atoms with Crippen molar-refractivity contribution in [1.29, 1.82) is 0 Å². The van der Waals surface area contributed by atoms with Gasteiger partial charge in [-0.1, -0.05) is 0 Å². The minimum absolute atomic E-state index is 0.538. The van der Waals surface area contributed by atoms with E-state index in [9.17, 15) is 0 Å². The third-order valence-corrected chi connectivity index (χ3v) is 4.59. The number of hydrogen-bond acceptors (Lipinski definition) is 3. The number of nitrogens with one attached hydrogen (secondary N) is 1. The van der Waals surface area contributed by atoms with Crippen molar-refractivity contribution in [3.8, 4) is 0 Å². The molecule has 0 unspecified atom stereocenters. The molecule has 0 spiro atoms. The maximum absolute atomic E-state index is 4.58. The summed E-state index contributed by atoms with van der Waals surface area (Å²) in [5.41, 5.74) is 3.77. The summed E-state index contributed by atoms with van der Waals surface area (Å²) in [6, 6.07) is 0. The molecule has 0 fully saturated rings. The van der Waals surface area contributed by atoms with Crippen LogP contribution in [0.1, 0.15) is 48.5 Å². The Balaban J connectivity index is 1.62. The molecule has 0 bridgehead atoms. The first-order valence-electron chi connectivity index (χ1n) is 7.95. The Bertz CT molecular complexity index is 610. The number of aryl methyl sites for hydroxylation is 3. The van der Waals surface area contributed by atoms with Crippen molar-refractivity contribution in [1.82, 2.24) is 24.6 Å². The van der Waals surface area contributed by atoms with Crippen molar-refractivity contribution in [2.24, 2.45) is 0 Å². The predicted molar refractivity (Wildman–Crippen MR) is 83.3 cm³/mol. The highest BCUT2D eigenvalue weighted by atomic mass is 15.3. The number of hydrogen-bond donors (Lipinski definition) is 1. The highest BCUT2D eigenvalue weighted by molar-refractivity contribution is 5.24. The summed E-state index contributed by atoms with van der Waals surface area (Å²) in [6.07, 6.45) is 6.51. The molecule has 2 aromatic rings. The summed E-state index contributed by atoms with van der Waals surface area (Å²) in [7, 11) is 0. The van der Waals surface area contributed by atoms with E-state index in [-0.39, 0.29) is 0 Å². The molecule has 3 heterocycles. The molecule has 0 radical (unpaired) electrons. The first-order chi connectivity index (χ1) is 10.2. The summed E-state index contributed by atoms with van der Waals surface area (Å²) < 4.78 is 4.38. The quantitative estimate of drug-likeness (QED) is 0.918. The summed E-state index contributed by atoms with van der Waals surface area (Å²) in [5, 5.41) is 8.20. The van der Waals surface area contributed by atoms with Crippen molar-refractivity contribution in [3.05, 3.63) is 35.2 Å². The maximum atomic E-state index is 4.58. The fourth-order valence-corrected chi connectivity index (χ4v) is 3.37. The maximum Gasteiger partial charge on any atom is 0.113 e. The highest BCUT2D eigenvalue weighted by Gasteiger charge is 2.21. The van der Waals surface area contributed by atoms with E-state index >= 15 is 0 Å². The minimum atomic E-state index is 0.538. The van der Waals surface area contributed by atoms with Gasteiger partial charge >= 0.3 is 0 Å². The van der Waals surface area contributed by atoms with Gasteiger partial charge in [0, 0.05) is 55.7 Å². The van der Waals surface area contributed by atoms with Crippen molar-refractivity contribution in [2.75, 3.05) is 6.54 Å². The average molecular weight is 287 g/mol. The van der Waals surface area contributed by atoms with E-state index in [1.54, 1.807) is 0 Å². The minimum Gasteiger partial charge on any atom is -0.335 e. The van der Waals surface area contributed by atoms with Crippen LogP contribution >= 0.6 is 0 Å². The van der Waals surface area contributed by atoms with Crippen LogP contribution in [0.4, 0.5) is 0 Å². The van der Waals surface area contributed by atoms with Crippen LogP contribution in [0.25, 0.3) is 0 Å². The van der Waals surface area contributed by atoms with Crippen LogP contribution in [-0.4, -0.2) is 25.9 Å². The zero-order valence-electron chi connectivity index (χ0n) is 13.3. The lowest BCUT2D eigenvalue weighted by Gasteiger charge is -2.23. The van der Waals surface area contributed by atoms with Gasteiger partial charge in [0.05, 0.1) is 5.69 Å². The van der Waals surface area contributed by atoms with Gasteiger partial charge in [0.2, 0.25) is 0 Å². The Labute approximate surface area is 126 Å². The molecule has 0 amide bonds. The van der Waals surface area contributed by atoms with Crippen LogP contribution in [0.5, 0.6) is 0 Å². The molecule has 0 saturated heterocycles. The van der Waals surface area contributed by atoms with Crippen LogP contribution in [0.2, 0.25) is 0 Å². The van der Waals surface area contributed by atoms with Gasteiger partial charge in [0.15, 0.2) is 0 Å². The van der Waals surface area contributed by atoms with Crippen LogP contribution in [0, 0.1) is 13.8 Å². The third kappa shape index (κ3) is 2.75. The molecule has 0 saturated carbocycles. The van der Waals surface area contributed by atoms with Gasteiger partial charge in [-0.15, -0.1) is 0 Å². The third-order valence-electron chi connectivity index (χ3n) is 4.59. The molecule has 5 heteroatoms. The van der Waals surface area contributed by atoms with Crippen molar-refractivity contribution in [2.45, 2.75) is 59.2 Å². The molecule has 114 valence electrons. The predicted octanol–water partition coefficient (Wildman–Crippen LogP) is 2.38. The molecule has 1 aliphatic heterocycles. The number of nitrogens with zero attached hydrogens (tertiary/aromatic N) is 4. The van der Waals surface area contributed by atoms with Crippen molar-refractivity contribution >= 4 is 0 Å². The molecule has 3 rings (SSSR count). The summed E-state index contributed by atoms with van der Waals surface area (Å²) in [4.78, 5) is 4.52. The van der Waals surface area contributed by atoms with Gasteiger partial charge < -0.3 is 9.88 Å². The van der Waals surface area contributed by atoms with Crippen LogP contribution < -0.4 is 5.32 Å². The van der Waals surface area contributed by atoms with Crippen molar-refractivity contribution in [3.63, 3.8) is 0 Å². The van der Waals surface area contributed by atoms with Gasteiger partial charge in [0.25, 0.3) is 0 Å². The van der Waals surface area contributed by atoms with E-state index in [2.05, 4.69) is 51.6 Å². The molecule has 5 nitrogen and oxygen atoms in total. The summed E-state index contributed by atoms with van der Waals surface area (Å²) in [5.74, 6) is 1.78. The molecule has 1 atom stereocenters. The van der Waals surface area contributed by atoms with E-state index < -0.39 is 0 Å². The topological polar surface area (TPSA) is 47.7 Å². The molecular weight excluding hydrogens is 262 g/mol. The molecule has 1 aliphatic rings. The van der Waals surface area contributed by atoms with Gasteiger partial charge in [-0.05, 0) is 33.6 Å². The summed E-state index contributed by atoms with van der Waals surface area (Å²) >= 11 is 0. The van der Waals surface area contributed by atoms with Gasteiger partial charge in [-0.25, -0.2) is 4.98 Å². The smallest absolute Gasteiger partial charge is 0.113 e. The Morgan fingerprint density at radius 2 is 2.24 bits per heavy atom. The van der Waals surface area contributed by atoms with Gasteiger partial charge in [-0.2, -0.15) is 5.10 Å². The average Bonchev–Trinajstić information content (AvgIpc) is 3.06. The number of rotatable bonds is 5. The zero-order valence-corrected chi connectivity index (χ0v) is 13.3. The fourth-order valence-electron chi connectivity index (χ4n) is 3.37. The van der Waals surface area contributed by atoms with Gasteiger partial charge in [0.1, 0.15) is 5.82 Å². The highest BCUT2D eigenvalue weighted by Crippen LogP contribution is 2.25. The first kappa shape index (κ1) is 14.3. The van der Waals surface area contributed by atoms with Crippen LogP contribution in [0.15, 0.2) is 12.4 Å². The lowest BCUT2D eigenvalue weighted by molar-refractivity contribution is 0.422. The molecule has 0 aliphatic carbocycles. The van der Waals surface area contributed by atoms with Crippen LogP contribution in [0.3, 0.4) is 0 Å². The zero-order chi connectivity index (χ0) is 14.8. The van der Waals surface area contributed by atoms with E-state index in [4.69, 9.17) is 0 Å². The Hall–Kier alpha value is -1.62. The van der Waals surface area contributed by atoms with Crippen LogP contribution in [-0.2, 0) is 19.6 Å². The number of imidazole rings is 1. The van der Waals surface area contributed by atoms with E-state index in [0.717, 1.165) is 31.9 Å². The molecule has 21 heavy (non-hydrogen) atoms. The molecule has 1 N–H and O–H groups in total. The first-order valence-corrected chi connectivity index (χ1v) is 7.95. The van der Waals surface area contributed by atoms with E-state index in [1.165, 1.54) is 29.9 Å². The van der Waals surface area contributed by atoms with E-state index in [0.29, 0.717) is 5.92 Å². The summed E-state index contributed by atoms with van der Waals surface area (Å²) in [6.45, 7) is 10.3. The second-order valence-electron chi connectivity index (χ2n) is 5.91. The second kappa shape index (κ2) is 6.02. The lowest BCUT2D eigenvalue weighted by atomic mass is 9.99. The van der Waals surface area contributed by atoms with Crippen molar-refractivity contribution < 1.29 is 0 Å². The fraction of sp³-hybridized carbons (Fsp3) is 0.625. The normalized spacial score (nSPS) is 18.0. The lowest BCUT2D eigenvalue weighted by Crippen LogP contribution is -2.26. The largest absolute Gasteiger partial charge is 0.335 e. The monoisotopic (exact) mass is 287 g/mol. The standard InChI is InChI=1S/C16H25N5/c1-4-21-13(3)15(12(2)19-21)11-17-10-14-6-5-8-20-9-7-18-16(14)20/h7,9,14,17H,4-6,8,10-11H2,1-3H3/t14-/m1/s1. The SMILES string of the molecule is CCn1nc(C)c(CNC[C@H]2CCCn3ccnc32)c1C. The number of aromatic nitrogens is 4. The Kier molecular flexibility index (Phi) is 4.10. The molecule has 0 aromatic carbocycles. The molecular formula is C16H25N5. The number of fused-ring (bicyclic) bond motifs is 1. The molecule has 2 aromatic heterocycles. The Morgan fingerprint density at radius 1 is 1.38 bits per heavy atom. The Morgan fingerprint density at radius 3 is 3.00 bits per heavy atom. The van der Waals surface area contributed by atoms with E-state index in [1.807, 2.05) is 6.20 Å². The van der Waals surface area contributed by atoms with Gasteiger partial charge in [-0.3, -0.25) is 4.68 Å².